The zero-order valence-electron chi connectivity index (χ0n) is 16.0. The summed E-state index contributed by atoms with van der Waals surface area (Å²) < 4.78 is 1.26. The molecule has 3 aromatic rings. The maximum atomic E-state index is 12.6. The summed E-state index contributed by atoms with van der Waals surface area (Å²) in [6.45, 7) is 6.38. The normalized spacial score (nSPS) is 17.1. The molecule has 1 atom stereocenters. The summed E-state index contributed by atoms with van der Waals surface area (Å²) in [5.74, 6) is 1.34. The number of carbonyl (C=O) groups is 1. The van der Waals surface area contributed by atoms with E-state index in [2.05, 4.69) is 65.5 Å². The first kappa shape index (κ1) is 18.2. The highest BCUT2D eigenvalue weighted by Gasteiger charge is 2.26. The number of pyridine rings is 1. The molecule has 4 heteroatoms. The molecule has 0 N–H and O–H groups in total. The largest absolute Gasteiger partial charge is 0.370 e. The maximum Gasteiger partial charge on any atom is 0.137 e. The van der Waals surface area contributed by atoms with Crippen molar-refractivity contribution in [3.05, 3.63) is 59.1 Å². The molecule has 0 bridgehead atoms. The molecule has 2 aromatic heterocycles. The Morgan fingerprint density at radius 2 is 2.04 bits per heavy atom. The number of Topliss-reactive ketones (excluding diaryl/α,β-unsaturated/α-hetero) is 1. The Morgan fingerprint density at radius 1 is 1.22 bits per heavy atom. The lowest BCUT2D eigenvalue weighted by molar-refractivity contribution is -0.119. The molecular formula is C23H26N2OS. The van der Waals surface area contributed by atoms with Crippen molar-refractivity contribution in [1.29, 1.82) is 0 Å². The minimum Gasteiger partial charge on any atom is -0.370 e. The van der Waals surface area contributed by atoms with Gasteiger partial charge in [-0.05, 0) is 46.9 Å². The zero-order chi connectivity index (χ0) is 18.8. The first-order valence-electron chi connectivity index (χ1n) is 9.78. The number of ketones is 1. The van der Waals surface area contributed by atoms with E-state index in [1.807, 2.05) is 6.20 Å². The van der Waals surface area contributed by atoms with Gasteiger partial charge in [0.25, 0.3) is 0 Å². The number of thiophene rings is 1. The van der Waals surface area contributed by atoms with E-state index in [1.54, 1.807) is 11.3 Å². The highest BCUT2D eigenvalue weighted by Crippen LogP contribution is 2.34. The Labute approximate surface area is 165 Å². The van der Waals surface area contributed by atoms with E-state index in [0.717, 1.165) is 30.6 Å². The van der Waals surface area contributed by atoms with Crippen LogP contribution in [-0.2, 0) is 11.2 Å². The van der Waals surface area contributed by atoms with Crippen LogP contribution < -0.4 is 4.90 Å². The van der Waals surface area contributed by atoms with Crippen molar-refractivity contribution in [3.8, 4) is 0 Å². The van der Waals surface area contributed by atoms with E-state index in [-0.39, 0.29) is 0 Å². The van der Waals surface area contributed by atoms with Crippen LogP contribution in [0.4, 0.5) is 5.69 Å². The Hall–Kier alpha value is -2.20. The van der Waals surface area contributed by atoms with Gasteiger partial charge in [0.15, 0.2) is 0 Å². The summed E-state index contributed by atoms with van der Waals surface area (Å²) in [5.41, 5.74) is 4.81. The number of fused-ring (bicyclic) bond motifs is 1. The topological polar surface area (TPSA) is 33.2 Å². The molecule has 0 saturated carbocycles. The van der Waals surface area contributed by atoms with Gasteiger partial charge in [-0.25, -0.2) is 0 Å². The molecule has 4 rings (SSSR count). The fourth-order valence-corrected chi connectivity index (χ4v) is 4.86. The van der Waals surface area contributed by atoms with Gasteiger partial charge >= 0.3 is 0 Å². The summed E-state index contributed by atoms with van der Waals surface area (Å²) in [4.78, 5) is 19.4. The predicted octanol–water partition coefficient (Wildman–Crippen LogP) is 5.45. The molecule has 1 aliphatic heterocycles. The minimum atomic E-state index is 0.357. The van der Waals surface area contributed by atoms with Crippen LogP contribution in [0.2, 0.25) is 0 Å². The minimum absolute atomic E-state index is 0.357. The zero-order valence-corrected chi connectivity index (χ0v) is 16.8. The average Bonchev–Trinajstić information content (AvgIpc) is 3.31. The molecule has 0 amide bonds. The molecule has 3 nitrogen and oxygen atoms in total. The van der Waals surface area contributed by atoms with Gasteiger partial charge in [-0.15, -0.1) is 11.3 Å². The van der Waals surface area contributed by atoms with E-state index in [4.69, 9.17) is 0 Å². The van der Waals surface area contributed by atoms with Crippen LogP contribution in [-0.4, -0.2) is 23.9 Å². The molecule has 1 unspecified atom stereocenters. The molecule has 1 fully saturated rings. The second-order valence-electron chi connectivity index (χ2n) is 7.88. The summed E-state index contributed by atoms with van der Waals surface area (Å²) in [6, 6.07) is 12.7. The predicted molar refractivity (Wildman–Crippen MR) is 114 cm³/mol. The summed E-state index contributed by atoms with van der Waals surface area (Å²) in [5, 5.41) is 2.10. The quantitative estimate of drug-likeness (QED) is 0.572. The Bertz CT molecular complexity index is 929. The molecule has 3 heterocycles. The third kappa shape index (κ3) is 4.06. The number of hydrogen-bond acceptors (Lipinski definition) is 4. The molecule has 0 spiro atoms. The molecular weight excluding hydrogens is 352 g/mol. The number of benzene rings is 1. The van der Waals surface area contributed by atoms with Crippen molar-refractivity contribution < 1.29 is 4.79 Å². The van der Waals surface area contributed by atoms with Crippen LogP contribution in [0.15, 0.2) is 48.0 Å². The van der Waals surface area contributed by atoms with Crippen LogP contribution in [0.25, 0.3) is 10.2 Å². The SMILES string of the molecule is CC(C)c1ccc(CC(=O)CC2CCN(c3ccnc4ccsc34)C2)cc1. The first-order valence-corrected chi connectivity index (χ1v) is 10.7. The number of nitrogens with zero attached hydrogens (tertiary/aromatic N) is 2. The van der Waals surface area contributed by atoms with E-state index < -0.39 is 0 Å². The number of anilines is 1. The molecule has 0 aliphatic carbocycles. The Kier molecular flexibility index (Phi) is 5.26. The number of aromatic nitrogens is 1. The van der Waals surface area contributed by atoms with Gasteiger partial charge in [0.2, 0.25) is 0 Å². The van der Waals surface area contributed by atoms with Gasteiger partial charge in [-0.3, -0.25) is 9.78 Å². The fraction of sp³-hybridized carbons (Fsp3) is 0.391. The van der Waals surface area contributed by atoms with E-state index in [1.165, 1.54) is 16.0 Å². The van der Waals surface area contributed by atoms with Gasteiger partial charge in [0.05, 0.1) is 15.9 Å². The van der Waals surface area contributed by atoms with Crippen LogP contribution in [0.1, 0.15) is 43.7 Å². The number of carbonyl (C=O) groups excluding carboxylic acids is 1. The Morgan fingerprint density at radius 3 is 2.81 bits per heavy atom. The lowest BCUT2D eigenvalue weighted by Gasteiger charge is -2.19. The standard InChI is InChI=1S/C23H26N2OS/c1-16(2)19-5-3-17(4-6-19)13-20(26)14-18-8-11-25(15-18)22-7-10-24-21-9-12-27-23(21)22/h3-7,9-10,12,16,18H,8,11,13-15H2,1-2H3. The molecule has 140 valence electrons. The Balaban J connectivity index is 1.35. The van der Waals surface area contributed by atoms with E-state index in [0.29, 0.717) is 30.5 Å². The van der Waals surface area contributed by atoms with E-state index in [9.17, 15) is 4.79 Å². The second kappa shape index (κ2) is 7.81. The van der Waals surface area contributed by atoms with Gasteiger partial charge < -0.3 is 4.90 Å². The maximum absolute atomic E-state index is 12.6. The van der Waals surface area contributed by atoms with Crippen molar-refractivity contribution in [2.75, 3.05) is 18.0 Å². The second-order valence-corrected chi connectivity index (χ2v) is 8.80. The lowest BCUT2D eigenvalue weighted by Crippen LogP contribution is -2.21. The van der Waals surface area contributed by atoms with Crippen molar-refractivity contribution in [2.45, 2.75) is 39.0 Å². The molecule has 1 aliphatic rings. The molecule has 1 saturated heterocycles. The van der Waals surface area contributed by atoms with Gasteiger partial charge in [0.1, 0.15) is 5.78 Å². The van der Waals surface area contributed by atoms with Crippen LogP contribution in [0.5, 0.6) is 0 Å². The highest BCUT2D eigenvalue weighted by molar-refractivity contribution is 7.17. The van der Waals surface area contributed by atoms with Gasteiger partial charge in [0, 0.05) is 32.1 Å². The fourth-order valence-electron chi connectivity index (χ4n) is 3.97. The van der Waals surface area contributed by atoms with Crippen molar-refractivity contribution in [2.24, 2.45) is 5.92 Å². The number of rotatable bonds is 6. The van der Waals surface area contributed by atoms with Crippen LogP contribution in [0, 0.1) is 5.92 Å². The van der Waals surface area contributed by atoms with Crippen molar-refractivity contribution in [3.63, 3.8) is 0 Å². The van der Waals surface area contributed by atoms with Gasteiger partial charge in [-0.1, -0.05) is 38.1 Å². The van der Waals surface area contributed by atoms with Crippen molar-refractivity contribution in [1.82, 2.24) is 4.98 Å². The molecule has 0 radical (unpaired) electrons. The summed E-state index contributed by atoms with van der Waals surface area (Å²) in [7, 11) is 0. The third-order valence-electron chi connectivity index (χ3n) is 5.51. The van der Waals surface area contributed by atoms with Crippen molar-refractivity contribution >= 4 is 33.0 Å². The summed E-state index contributed by atoms with van der Waals surface area (Å²) in [6.07, 6.45) is 4.22. The summed E-state index contributed by atoms with van der Waals surface area (Å²) >= 11 is 1.75. The van der Waals surface area contributed by atoms with Gasteiger partial charge in [-0.2, -0.15) is 0 Å². The third-order valence-corrected chi connectivity index (χ3v) is 6.44. The number of hydrogen-bond donors (Lipinski definition) is 0. The first-order chi connectivity index (χ1) is 13.1. The molecule has 27 heavy (non-hydrogen) atoms. The lowest BCUT2D eigenvalue weighted by atomic mass is 9.96. The smallest absolute Gasteiger partial charge is 0.137 e. The highest BCUT2D eigenvalue weighted by atomic mass is 32.1. The van der Waals surface area contributed by atoms with E-state index >= 15 is 0 Å². The molecule has 1 aromatic carbocycles. The average molecular weight is 379 g/mol. The van der Waals surface area contributed by atoms with Crippen LogP contribution >= 0.6 is 11.3 Å². The van der Waals surface area contributed by atoms with Crippen LogP contribution in [0.3, 0.4) is 0 Å². The monoisotopic (exact) mass is 378 g/mol.